The molecule has 1 atom stereocenters. The Balaban J connectivity index is 2.54. The van der Waals surface area contributed by atoms with Crippen molar-refractivity contribution in [1.82, 2.24) is 0 Å². The van der Waals surface area contributed by atoms with Crippen LogP contribution in [0.2, 0.25) is 0 Å². The van der Waals surface area contributed by atoms with Gasteiger partial charge >= 0.3 is 59.3 Å². The molecule has 0 amide bonds. The minimum atomic E-state index is 0.836. The van der Waals surface area contributed by atoms with E-state index in [2.05, 4.69) is 22.9 Å². The van der Waals surface area contributed by atoms with Crippen molar-refractivity contribution in [2.75, 3.05) is 0 Å². The van der Waals surface area contributed by atoms with Gasteiger partial charge in [-0.25, -0.2) is 0 Å². The molecular weight excluding hydrogens is 139 g/mol. The number of halogens is 1. The first-order valence-corrected chi connectivity index (χ1v) is 3.98. The average molecular weight is 145 g/mol. The van der Waals surface area contributed by atoms with Crippen LogP contribution >= 0.6 is 15.9 Å². The summed E-state index contributed by atoms with van der Waals surface area (Å²) in [7, 11) is 0. The number of alkyl halides is 1. The Labute approximate surface area is 58.9 Å². The molecule has 0 spiro atoms. The van der Waals surface area contributed by atoms with E-state index in [1.807, 2.05) is 0 Å². The number of hydrogen-bond donors (Lipinski definition) is 0. The van der Waals surface area contributed by atoms with Crippen LogP contribution in [0.25, 0.3) is 0 Å². The van der Waals surface area contributed by atoms with Crippen LogP contribution in [0.4, 0.5) is 0 Å². The second-order valence-corrected chi connectivity index (χ2v) is 5.84. The predicted octanol–water partition coefficient (Wildman–Crippen LogP) is 1.29. The van der Waals surface area contributed by atoms with E-state index < -0.39 is 0 Å². The monoisotopic (exact) mass is 144 g/mol. The molecule has 2 heteroatoms. The fraction of sp³-hybridized carbons (Fsp3) is 1.00. The van der Waals surface area contributed by atoms with Crippen LogP contribution in [0.3, 0.4) is 0 Å². The van der Waals surface area contributed by atoms with Crippen LogP contribution in [-0.4, -0.2) is 30.0 Å². The Morgan fingerprint density at radius 2 is 2.20 bits per heavy atom. The molecule has 5 heavy (non-hydrogen) atoms. The van der Waals surface area contributed by atoms with Gasteiger partial charge in [-0.15, -0.1) is 0 Å². The summed E-state index contributed by atoms with van der Waals surface area (Å²) in [5.74, 6) is 0. The summed E-state index contributed by atoms with van der Waals surface area (Å²) in [5.41, 5.74) is 0. The molecule has 0 bridgehead atoms. The van der Waals surface area contributed by atoms with Crippen LogP contribution in [0.15, 0.2) is 0 Å². The molecule has 0 radical (unpaired) electrons. The quantitative estimate of drug-likeness (QED) is 0.385. The van der Waals surface area contributed by atoms with Gasteiger partial charge in [0, 0.05) is 0 Å². The van der Waals surface area contributed by atoms with Crippen molar-refractivity contribution < 1.29 is 0 Å². The molecule has 0 aromatic carbocycles. The van der Waals surface area contributed by atoms with E-state index in [9.17, 15) is 0 Å². The maximum atomic E-state index is 3.43. The summed E-state index contributed by atoms with van der Waals surface area (Å²) in [5, 5.41) is 0. The van der Waals surface area contributed by atoms with Gasteiger partial charge in [-0.05, 0) is 0 Å². The van der Waals surface area contributed by atoms with Crippen molar-refractivity contribution in [1.29, 1.82) is 0 Å². The predicted molar refractivity (Wildman–Crippen MR) is 28.8 cm³/mol. The Morgan fingerprint density at radius 1 is 2.00 bits per heavy atom. The number of hydrogen-bond acceptors (Lipinski definition) is 0. The van der Waals surface area contributed by atoms with Crippen LogP contribution in [0, 0.1) is 0 Å². The normalized spacial score (nSPS) is 15.2. The van der Waals surface area contributed by atoms with Gasteiger partial charge in [-0.1, -0.05) is 0 Å². The van der Waals surface area contributed by atoms with Crippen molar-refractivity contribution >= 4 is 43.9 Å². The summed E-state index contributed by atoms with van der Waals surface area (Å²) in [6.07, 6.45) is 1.28. The second-order valence-electron chi connectivity index (χ2n) is 1.19. The number of rotatable bonds is 1. The fourth-order valence-corrected chi connectivity index (χ4v) is 0. The Morgan fingerprint density at radius 3 is 2.20 bits per heavy atom. The standard InChI is InChI=1S/C3H6Br.Na/c1-2-3-4;/h3H,2H2,1H3;. The van der Waals surface area contributed by atoms with E-state index in [1.165, 1.54) is 34.4 Å². The van der Waals surface area contributed by atoms with Crippen LogP contribution in [0.1, 0.15) is 13.3 Å². The molecule has 1 unspecified atom stereocenters. The molecule has 0 saturated heterocycles. The Hall–Kier alpha value is 1.48. The molecule has 0 nitrogen and oxygen atoms in total. The third-order valence-corrected chi connectivity index (χ3v) is 2.03. The zero-order chi connectivity index (χ0) is 4.28. The summed E-state index contributed by atoms with van der Waals surface area (Å²) in [4.78, 5) is 0. The van der Waals surface area contributed by atoms with Crippen molar-refractivity contribution in [3.63, 3.8) is 0 Å². The van der Waals surface area contributed by atoms with E-state index in [1.54, 1.807) is 0 Å². The van der Waals surface area contributed by atoms with Gasteiger partial charge in [0.25, 0.3) is 0 Å². The van der Waals surface area contributed by atoms with Gasteiger partial charge in [0.2, 0.25) is 0 Å². The summed E-state index contributed by atoms with van der Waals surface area (Å²) < 4.78 is 0.836. The summed E-state index contributed by atoms with van der Waals surface area (Å²) in [6.45, 7) is 2.19. The Bertz CT molecular complexity index is 20.9. The van der Waals surface area contributed by atoms with Crippen molar-refractivity contribution in [2.45, 2.75) is 15.4 Å². The topological polar surface area (TPSA) is 0 Å². The van der Waals surface area contributed by atoms with Crippen LogP contribution < -0.4 is 0 Å². The van der Waals surface area contributed by atoms with E-state index in [0.29, 0.717) is 0 Å². The molecule has 0 heterocycles. The first-order chi connectivity index (χ1) is 2.27. The molecule has 0 rings (SSSR count). The third kappa shape index (κ3) is 5.48. The van der Waals surface area contributed by atoms with Gasteiger partial charge in [0.1, 0.15) is 0 Å². The van der Waals surface area contributed by atoms with Crippen LogP contribution in [0.5, 0.6) is 0 Å². The second kappa shape index (κ2) is 3.66. The molecule has 0 aliphatic carbocycles. The molecule has 26 valence electrons. The molecule has 0 aliphatic rings. The molecule has 0 aliphatic heterocycles. The van der Waals surface area contributed by atoms with E-state index in [0.717, 1.165) is 2.08 Å². The molecular formula is C3H6BrNa. The van der Waals surface area contributed by atoms with Crippen LogP contribution in [-0.2, 0) is 0 Å². The first-order valence-electron chi connectivity index (χ1n) is 1.91. The van der Waals surface area contributed by atoms with E-state index >= 15 is 0 Å². The molecule has 0 aromatic heterocycles. The van der Waals surface area contributed by atoms with E-state index in [-0.39, 0.29) is 0 Å². The first kappa shape index (κ1) is 6.48. The zero-order valence-corrected chi connectivity index (χ0v) is 7.25. The third-order valence-electron chi connectivity index (χ3n) is 0.563. The average Bonchev–Trinajstić information content (AvgIpc) is 1.38. The Kier molecular flexibility index (Phi) is 4.75. The van der Waals surface area contributed by atoms with E-state index in [4.69, 9.17) is 0 Å². The summed E-state index contributed by atoms with van der Waals surface area (Å²) >= 11 is 4.72. The van der Waals surface area contributed by atoms with Gasteiger partial charge in [-0.3, -0.25) is 0 Å². The minimum absolute atomic E-state index is 0.836. The fourth-order valence-electron chi connectivity index (χ4n) is 0. The maximum absolute atomic E-state index is 3.43. The van der Waals surface area contributed by atoms with Gasteiger partial charge in [-0.2, -0.15) is 0 Å². The molecule has 0 fully saturated rings. The zero-order valence-electron chi connectivity index (χ0n) is 3.66. The molecule has 0 aromatic rings. The van der Waals surface area contributed by atoms with Crippen molar-refractivity contribution in [3.05, 3.63) is 0 Å². The van der Waals surface area contributed by atoms with Gasteiger partial charge < -0.3 is 0 Å². The van der Waals surface area contributed by atoms with Crippen molar-refractivity contribution in [3.8, 4) is 0 Å². The van der Waals surface area contributed by atoms with Crippen molar-refractivity contribution in [2.24, 2.45) is 0 Å². The van der Waals surface area contributed by atoms with Gasteiger partial charge in [0.15, 0.2) is 0 Å². The molecule has 0 saturated carbocycles. The van der Waals surface area contributed by atoms with Gasteiger partial charge in [0.05, 0.1) is 0 Å². The summed E-state index contributed by atoms with van der Waals surface area (Å²) in [6, 6.07) is 0. The molecule has 0 N–H and O–H groups in total. The SMILES string of the molecule is CC[CH]([Na])Br.